The fourth-order valence-electron chi connectivity index (χ4n) is 1.64. The van der Waals surface area contributed by atoms with Crippen LogP contribution in [0, 0.1) is 10.7 Å². The number of allylic oxidation sites excluding steroid dienone is 2. The summed E-state index contributed by atoms with van der Waals surface area (Å²) in [7, 11) is 0. The Kier molecular flexibility index (Phi) is 6.53. The molecule has 1 saturated heterocycles. The van der Waals surface area contributed by atoms with E-state index in [9.17, 15) is 0 Å². The van der Waals surface area contributed by atoms with Crippen LogP contribution in [0.2, 0.25) is 0 Å². The number of thiocyanates is 1. The van der Waals surface area contributed by atoms with Crippen molar-refractivity contribution >= 4 is 11.8 Å². The molecule has 92 valence electrons. The molecule has 0 N–H and O–H groups in total. The van der Waals surface area contributed by atoms with Crippen LogP contribution in [-0.4, -0.2) is 31.1 Å². The lowest BCUT2D eigenvalue weighted by molar-refractivity contribution is 0.181. The lowest BCUT2D eigenvalue weighted by Gasteiger charge is -2.14. The summed E-state index contributed by atoms with van der Waals surface area (Å²) in [6.45, 7) is 11.5. The molecule has 17 heavy (non-hydrogen) atoms. The van der Waals surface area contributed by atoms with Gasteiger partial charge < -0.3 is 4.74 Å². The molecular weight excluding hydrogens is 232 g/mol. The van der Waals surface area contributed by atoms with Crippen molar-refractivity contribution in [3.05, 3.63) is 36.0 Å². The number of ether oxygens (including phenoxy) is 1. The van der Waals surface area contributed by atoms with Gasteiger partial charge in [0, 0.05) is 11.4 Å². The van der Waals surface area contributed by atoms with E-state index in [1.165, 1.54) is 25.9 Å². The summed E-state index contributed by atoms with van der Waals surface area (Å²) in [5.74, 6) is 0.615. The first kappa shape index (κ1) is 13.9. The van der Waals surface area contributed by atoms with Gasteiger partial charge in [-0.05, 0) is 49.8 Å². The molecule has 0 spiro atoms. The van der Waals surface area contributed by atoms with Crippen molar-refractivity contribution in [2.24, 2.45) is 0 Å². The zero-order chi connectivity index (χ0) is 12.5. The highest BCUT2D eigenvalue weighted by atomic mass is 32.2. The molecule has 0 bridgehead atoms. The predicted octanol–water partition coefficient (Wildman–Crippen LogP) is 2.90. The summed E-state index contributed by atoms with van der Waals surface area (Å²) in [5, 5.41) is 10.4. The number of nitriles is 1. The largest absolute Gasteiger partial charge is 0.493 e. The van der Waals surface area contributed by atoms with E-state index in [-0.39, 0.29) is 0 Å². The summed E-state index contributed by atoms with van der Waals surface area (Å²) < 4.78 is 5.48. The Bertz CT molecular complexity index is 338. The molecular formula is C13H18N2OS. The van der Waals surface area contributed by atoms with E-state index in [0.29, 0.717) is 17.3 Å². The minimum atomic E-state index is 0.615. The second-order valence-electron chi connectivity index (χ2n) is 3.86. The monoisotopic (exact) mass is 250 g/mol. The van der Waals surface area contributed by atoms with Crippen LogP contribution >= 0.6 is 11.8 Å². The number of nitrogens with zero attached hydrogens (tertiary/aromatic N) is 2. The minimum absolute atomic E-state index is 0.615. The Labute approximate surface area is 107 Å². The quantitative estimate of drug-likeness (QED) is 0.395. The van der Waals surface area contributed by atoms with Crippen molar-refractivity contribution in [1.82, 2.24) is 4.90 Å². The predicted molar refractivity (Wildman–Crippen MR) is 72.3 cm³/mol. The summed E-state index contributed by atoms with van der Waals surface area (Å²) in [6.07, 6.45) is 6.08. The second-order valence-corrected chi connectivity index (χ2v) is 4.77. The second kappa shape index (κ2) is 7.99. The van der Waals surface area contributed by atoms with Gasteiger partial charge in [-0.25, -0.2) is 0 Å². The lowest BCUT2D eigenvalue weighted by Crippen LogP contribution is -2.23. The molecule has 0 aromatic heterocycles. The highest BCUT2D eigenvalue weighted by Gasteiger charge is 2.10. The Balaban J connectivity index is 2.12. The summed E-state index contributed by atoms with van der Waals surface area (Å²) in [4.78, 5) is 3.08. The Morgan fingerprint density at radius 3 is 2.71 bits per heavy atom. The fraction of sp³-hybridized carbons (Fsp3) is 0.462. The molecule has 1 fully saturated rings. The lowest BCUT2D eigenvalue weighted by atomic mass is 10.4. The average molecular weight is 250 g/mol. The topological polar surface area (TPSA) is 36.3 Å². The normalized spacial score (nSPS) is 15.9. The maximum Gasteiger partial charge on any atom is 0.138 e. The van der Waals surface area contributed by atoms with E-state index >= 15 is 0 Å². The van der Waals surface area contributed by atoms with Crippen LogP contribution in [0.1, 0.15) is 12.8 Å². The third kappa shape index (κ3) is 6.20. The standard InChI is InChI=1S/C13H18N2OS/c1-12(5-6-13(2)17-11-14)16-10-9-15-7-3-4-8-15/h5-6H,1-4,7-10H2/b6-5-. The van der Waals surface area contributed by atoms with E-state index in [2.05, 4.69) is 18.1 Å². The summed E-state index contributed by atoms with van der Waals surface area (Å²) >= 11 is 1.04. The molecule has 0 aromatic carbocycles. The van der Waals surface area contributed by atoms with Crippen LogP contribution < -0.4 is 0 Å². The maximum absolute atomic E-state index is 8.42. The van der Waals surface area contributed by atoms with E-state index in [1.807, 2.05) is 5.40 Å². The highest BCUT2D eigenvalue weighted by molar-refractivity contribution is 8.07. The summed E-state index contributed by atoms with van der Waals surface area (Å²) in [6, 6.07) is 0. The molecule has 1 rings (SSSR count). The number of thioether (sulfide) groups is 1. The van der Waals surface area contributed by atoms with E-state index in [0.717, 1.165) is 18.3 Å². The molecule has 4 heteroatoms. The number of hydrogen-bond acceptors (Lipinski definition) is 4. The molecule has 0 amide bonds. The first-order valence-corrected chi connectivity index (χ1v) is 6.51. The zero-order valence-corrected chi connectivity index (χ0v) is 10.8. The van der Waals surface area contributed by atoms with Crippen molar-refractivity contribution in [2.75, 3.05) is 26.2 Å². The van der Waals surface area contributed by atoms with Gasteiger partial charge in [0.2, 0.25) is 0 Å². The van der Waals surface area contributed by atoms with E-state index < -0.39 is 0 Å². The van der Waals surface area contributed by atoms with Crippen molar-refractivity contribution < 1.29 is 4.74 Å². The van der Waals surface area contributed by atoms with Gasteiger partial charge in [0.25, 0.3) is 0 Å². The number of rotatable bonds is 7. The van der Waals surface area contributed by atoms with Crippen molar-refractivity contribution in [3.8, 4) is 5.40 Å². The van der Waals surface area contributed by atoms with Gasteiger partial charge in [-0.2, -0.15) is 5.26 Å². The van der Waals surface area contributed by atoms with Gasteiger partial charge >= 0.3 is 0 Å². The Morgan fingerprint density at radius 2 is 2.06 bits per heavy atom. The van der Waals surface area contributed by atoms with Crippen LogP contribution in [0.3, 0.4) is 0 Å². The molecule has 1 aliphatic rings. The van der Waals surface area contributed by atoms with Gasteiger partial charge in [0.1, 0.15) is 17.8 Å². The smallest absolute Gasteiger partial charge is 0.138 e. The van der Waals surface area contributed by atoms with Gasteiger partial charge in [0.15, 0.2) is 0 Å². The molecule has 0 radical (unpaired) electrons. The Morgan fingerprint density at radius 1 is 1.35 bits per heavy atom. The molecule has 3 nitrogen and oxygen atoms in total. The van der Waals surface area contributed by atoms with Crippen LogP contribution in [0.25, 0.3) is 0 Å². The van der Waals surface area contributed by atoms with Crippen LogP contribution in [-0.2, 0) is 4.74 Å². The first-order valence-electron chi connectivity index (χ1n) is 5.69. The highest BCUT2D eigenvalue weighted by Crippen LogP contribution is 2.13. The average Bonchev–Trinajstić information content (AvgIpc) is 2.80. The fourth-order valence-corrected chi connectivity index (χ4v) is 1.89. The molecule has 0 atom stereocenters. The van der Waals surface area contributed by atoms with Gasteiger partial charge in [0.05, 0.1) is 0 Å². The first-order chi connectivity index (χ1) is 8.22. The minimum Gasteiger partial charge on any atom is -0.493 e. The van der Waals surface area contributed by atoms with Crippen molar-refractivity contribution in [2.45, 2.75) is 12.8 Å². The van der Waals surface area contributed by atoms with Gasteiger partial charge in [-0.1, -0.05) is 13.2 Å². The van der Waals surface area contributed by atoms with Crippen LogP contribution in [0.15, 0.2) is 36.0 Å². The van der Waals surface area contributed by atoms with Crippen LogP contribution in [0.5, 0.6) is 0 Å². The van der Waals surface area contributed by atoms with Crippen molar-refractivity contribution in [1.29, 1.82) is 5.26 Å². The van der Waals surface area contributed by atoms with Crippen LogP contribution in [0.4, 0.5) is 0 Å². The SMILES string of the molecule is C=C(/C=C\C(=C)SC#N)OCCN1CCCC1. The number of hydrogen-bond donors (Lipinski definition) is 0. The number of likely N-dealkylation sites (tertiary alicyclic amines) is 1. The van der Waals surface area contributed by atoms with E-state index in [1.54, 1.807) is 12.2 Å². The van der Waals surface area contributed by atoms with Gasteiger partial charge in [-0.15, -0.1) is 0 Å². The van der Waals surface area contributed by atoms with E-state index in [4.69, 9.17) is 10.00 Å². The molecule has 0 aromatic rings. The van der Waals surface area contributed by atoms with Gasteiger partial charge in [-0.3, -0.25) is 4.90 Å². The molecule has 0 unspecified atom stereocenters. The third-order valence-electron chi connectivity index (χ3n) is 2.53. The van der Waals surface area contributed by atoms with Crippen molar-refractivity contribution in [3.63, 3.8) is 0 Å². The molecule has 1 aliphatic heterocycles. The third-order valence-corrected chi connectivity index (χ3v) is 3.02. The zero-order valence-electron chi connectivity index (χ0n) is 10.0. The Hall–Kier alpha value is -1.18. The molecule has 0 saturated carbocycles. The molecule has 0 aliphatic carbocycles. The summed E-state index contributed by atoms with van der Waals surface area (Å²) in [5.41, 5.74) is 0. The molecule has 1 heterocycles. The maximum atomic E-state index is 8.42.